The van der Waals surface area contributed by atoms with E-state index in [-0.39, 0.29) is 29.8 Å². The third-order valence-corrected chi connectivity index (χ3v) is 5.31. The van der Waals surface area contributed by atoms with Crippen LogP contribution in [0.15, 0.2) is 36.5 Å². The molecule has 1 aromatic carbocycles. The van der Waals surface area contributed by atoms with Gasteiger partial charge in [-0.2, -0.15) is 0 Å². The molecule has 0 atom stereocenters. The van der Waals surface area contributed by atoms with E-state index in [4.69, 9.17) is 4.74 Å². The second-order valence-electron chi connectivity index (χ2n) is 7.53. The first-order valence-electron chi connectivity index (χ1n) is 9.99. The van der Waals surface area contributed by atoms with Crippen LogP contribution in [0.25, 0.3) is 0 Å². The van der Waals surface area contributed by atoms with Crippen molar-refractivity contribution in [1.29, 1.82) is 0 Å². The van der Waals surface area contributed by atoms with Crippen molar-refractivity contribution in [2.24, 2.45) is 0 Å². The van der Waals surface area contributed by atoms with Crippen LogP contribution < -0.4 is 20.1 Å². The van der Waals surface area contributed by atoms with Crippen molar-refractivity contribution in [2.75, 3.05) is 16.3 Å². The molecule has 0 unspecified atom stereocenters. The molecule has 31 heavy (non-hydrogen) atoms. The molecule has 0 saturated heterocycles. The van der Waals surface area contributed by atoms with Crippen molar-refractivity contribution in [3.63, 3.8) is 0 Å². The lowest BCUT2D eigenvalue weighted by Crippen LogP contribution is -2.25. The van der Waals surface area contributed by atoms with Gasteiger partial charge < -0.3 is 15.4 Å². The highest BCUT2D eigenvalue weighted by atomic mass is 32.2. The zero-order valence-corrected chi connectivity index (χ0v) is 18.3. The lowest BCUT2D eigenvalue weighted by Gasteiger charge is -2.14. The number of benzene rings is 1. The maximum atomic E-state index is 12.8. The van der Waals surface area contributed by atoms with Gasteiger partial charge in [-0.1, -0.05) is 6.07 Å². The third-order valence-electron chi connectivity index (χ3n) is 4.72. The number of pyridine rings is 1. The highest BCUT2D eigenvalue weighted by Gasteiger charge is 2.18. The molecular formula is C21H26N4O5S. The van der Waals surface area contributed by atoms with Crippen LogP contribution in [-0.2, 0) is 21.4 Å². The average Bonchev–Trinajstić information content (AvgIpc) is 3.20. The van der Waals surface area contributed by atoms with Crippen LogP contribution in [0.1, 0.15) is 48.5 Å². The minimum atomic E-state index is -3.59. The summed E-state index contributed by atoms with van der Waals surface area (Å²) in [5, 5.41) is 5.33. The molecular weight excluding hydrogens is 420 g/mol. The molecule has 0 radical (unpaired) electrons. The van der Waals surface area contributed by atoms with Crippen molar-refractivity contribution < 1.29 is 22.7 Å². The molecule has 0 spiro atoms. The Labute approximate surface area is 181 Å². The van der Waals surface area contributed by atoms with E-state index in [9.17, 15) is 18.0 Å². The molecule has 3 N–H and O–H groups in total. The van der Waals surface area contributed by atoms with E-state index >= 15 is 0 Å². The van der Waals surface area contributed by atoms with Gasteiger partial charge in [0.2, 0.25) is 21.8 Å². The Morgan fingerprint density at radius 3 is 2.52 bits per heavy atom. The van der Waals surface area contributed by atoms with Crippen LogP contribution in [0.3, 0.4) is 0 Å². The Bertz CT molecular complexity index is 1050. The molecule has 2 aromatic rings. The largest absolute Gasteiger partial charge is 0.474 e. The quantitative estimate of drug-likeness (QED) is 0.572. The number of nitrogens with one attached hydrogen (secondary N) is 3. The molecule has 3 rings (SSSR count). The van der Waals surface area contributed by atoms with Gasteiger partial charge in [0.1, 0.15) is 6.10 Å². The summed E-state index contributed by atoms with van der Waals surface area (Å²) in [5.41, 5.74) is 1.35. The van der Waals surface area contributed by atoms with Crippen LogP contribution >= 0.6 is 0 Å². The molecule has 2 amide bonds. The number of rotatable bonds is 8. The predicted octanol–water partition coefficient (Wildman–Crippen LogP) is 2.66. The fourth-order valence-corrected chi connectivity index (χ4v) is 3.92. The fraction of sp³-hybridized carbons (Fsp3) is 0.381. The maximum Gasteiger partial charge on any atom is 0.253 e. The highest BCUT2D eigenvalue weighted by Crippen LogP contribution is 2.24. The van der Waals surface area contributed by atoms with Crippen LogP contribution in [0.4, 0.5) is 11.4 Å². The summed E-state index contributed by atoms with van der Waals surface area (Å²) in [6, 6.07) is 7.95. The number of amides is 2. The number of carbonyl (C=O) groups is 2. The van der Waals surface area contributed by atoms with Gasteiger partial charge in [0.15, 0.2) is 0 Å². The van der Waals surface area contributed by atoms with E-state index in [1.165, 1.54) is 38.0 Å². The van der Waals surface area contributed by atoms with E-state index in [2.05, 4.69) is 20.3 Å². The van der Waals surface area contributed by atoms with Gasteiger partial charge in [-0.25, -0.2) is 13.4 Å². The maximum absolute atomic E-state index is 12.8. The molecule has 166 valence electrons. The monoisotopic (exact) mass is 446 g/mol. The number of ether oxygens (including phenoxy) is 1. The second kappa shape index (κ2) is 9.78. The second-order valence-corrected chi connectivity index (χ2v) is 9.28. The van der Waals surface area contributed by atoms with E-state index in [1.54, 1.807) is 12.3 Å². The molecule has 0 bridgehead atoms. The number of anilines is 2. The Hall–Kier alpha value is -3.14. The van der Waals surface area contributed by atoms with Crippen LogP contribution in [0.5, 0.6) is 5.88 Å². The van der Waals surface area contributed by atoms with Crippen molar-refractivity contribution in [3.05, 3.63) is 47.7 Å². The number of hydrogen-bond donors (Lipinski definition) is 3. The van der Waals surface area contributed by atoms with Gasteiger partial charge in [-0.15, -0.1) is 0 Å². The Morgan fingerprint density at radius 1 is 1.16 bits per heavy atom. The van der Waals surface area contributed by atoms with Crippen molar-refractivity contribution in [3.8, 4) is 5.88 Å². The zero-order chi connectivity index (χ0) is 22.4. The minimum absolute atomic E-state index is 0.0887. The van der Waals surface area contributed by atoms with E-state index in [1.807, 2.05) is 6.07 Å². The summed E-state index contributed by atoms with van der Waals surface area (Å²) < 4.78 is 31.4. The van der Waals surface area contributed by atoms with Gasteiger partial charge in [-0.05, 0) is 49.4 Å². The molecule has 1 saturated carbocycles. The molecule has 1 heterocycles. The standard InChI is InChI=1S/C21H26N4O5S/c1-14(26)24-16-8-9-19(25-31(2,28)29)18(11-16)21(27)23-13-15-7-10-20(22-12-15)30-17-5-3-4-6-17/h7-12,17,25H,3-6,13H2,1-2H3,(H,23,27)(H,24,26). The van der Waals surface area contributed by atoms with Crippen molar-refractivity contribution >= 4 is 33.2 Å². The van der Waals surface area contributed by atoms with Gasteiger partial charge in [0.05, 0.1) is 17.5 Å². The first-order valence-corrected chi connectivity index (χ1v) is 11.9. The number of nitrogens with zero attached hydrogens (tertiary/aromatic N) is 1. The lowest BCUT2D eigenvalue weighted by atomic mass is 10.1. The average molecular weight is 447 g/mol. The molecule has 10 heteroatoms. The normalized spacial score (nSPS) is 14.1. The van der Waals surface area contributed by atoms with Gasteiger partial charge >= 0.3 is 0 Å². The van der Waals surface area contributed by atoms with Crippen LogP contribution in [0.2, 0.25) is 0 Å². The summed E-state index contributed by atoms with van der Waals surface area (Å²) >= 11 is 0. The lowest BCUT2D eigenvalue weighted by molar-refractivity contribution is -0.114. The summed E-state index contributed by atoms with van der Waals surface area (Å²) in [7, 11) is -3.59. The van der Waals surface area contributed by atoms with E-state index < -0.39 is 15.9 Å². The summed E-state index contributed by atoms with van der Waals surface area (Å²) in [5.74, 6) is -0.240. The SMILES string of the molecule is CC(=O)Nc1ccc(NS(C)(=O)=O)c(C(=O)NCc2ccc(OC3CCCC3)nc2)c1. The van der Waals surface area contributed by atoms with E-state index in [0.717, 1.165) is 24.7 Å². The predicted molar refractivity (Wildman–Crippen MR) is 118 cm³/mol. The molecule has 1 aromatic heterocycles. The van der Waals surface area contributed by atoms with Crippen molar-refractivity contribution in [2.45, 2.75) is 45.3 Å². The Morgan fingerprint density at radius 2 is 1.90 bits per heavy atom. The highest BCUT2D eigenvalue weighted by molar-refractivity contribution is 7.92. The topological polar surface area (TPSA) is 126 Å². The van der Waals surface area contributed by atoms with Crippen LogP contribution in [0, 0.1) is 0 Å². The molecule has 0 aliphatic heterocycles. The summed E-state index contributed by atoms with van der Waals surface area (Å²) in [4.78, 5) is 28.4. The molecule has 1 aliphatic carbocycles. The minimum Gasteiger partial charge on any atom is -0.474 e. The first kappa shape index (κ1) is 22.5. The molecule has 9 nitrogen and oxygen atoms in total. The van der Waals surface area contributed by atoms with Gasteiger partial charge in [0.25, 0.3) is 5.91 Å². The first-order chi connectivity index (χ1) is 14.7. The zero-order valence-electron chi connectivity index (χ0n) is 17.5. The molecule has 1 aliphatic rings. The summed E-state index contributed by atoms with van der Waals surface area (Å²) in [6.45, 7) is 1.54. The number of carbonyl (C=O) groups excluding carboxylic acids is 2. The molecule has 1 fully saturated rings. The smallest absolute Gasteiger partial charge is 0.253 e. The van der Waals surface area contributed by atoms with Crippen molar-refractivity contribution in [1.82, 2.24) is 10.3 Å². The van der Waals surface area contributed by atoms with E-state index in [0.29, 0.717) is 11.6 Å². The number of hydrogen-bond acceptors (Lipinski definition) is 6. The Kier molecular flexibility index (Phi) is 7.11. The van der Waals surface area contributed by atoms with Gasteiger partial charge in [0, 0.05) is 31.4 Å². The Balaban J connectivity index is 1.68. The number of aromatic nitrogens is 1. The van der Waals surface area contributed by atoms with Gasteiger partial charge in [-0.3, -0.25) is 14.3 Å². The van der Waals surface area contributed by atoms with Crippen LogP contribution in [-0.4, -0.2) is 37.6 Å². The summed E-state index contributed by atoms with van der Waals surface area (Å²) in [6.07, 6.45) is 7.28. The fourth-order valence-electron chi connectivity index (χ4n) is 3.34. The third kappa shape index (κ3) is 6.95. The number of sulfonamides is 1.